The van der Waals surface area contributed by atoms with Gasteiger partial charge < -0.3 is 14.6 Å². The minimum atomic E-state index is 0.280. The van der Waals surface area contributed by atoms with Gasteiger partial charge >= 0.3 is 0 Å². The van der Waals surface area contributed by atoms with Crippen LogP contribution in [0.1, 0.15) is 24.8 Å². The molecule has 1 aromatic carbocycles. The van der Waals surface area contributed by atoms with Crippen LogP contribution >= 0.6 is 0 Å². The summed E-state index contributed by atoms with van der Waals surface area (Å²) in [6.07, 6.45) is 6.22. The predicted molar refractivity (Wildman–Crippen MR) is 98.6 cm³/mol. The number of aromatic nitrogens is 1. The van der Waals surface area contributed by atoms with Gasteiger partial charge in [-0.1, -0.05) is 18.2 Å². The molecule has 0 spiro atoms. The average molecular weight is 341 g/mol. The maximum absolute atomic E-state index is 12.6. The van der Waals surface area contributed by atoms with Gasteiger partial charge in [0, 0.05) is 62.9 Å². The van der Waals surface area contributed by atoms with Crippen LogP contribution in [0.25, 0.3) is 10.9 Å². The van der Waals surface area contributed by atoms with E-state index in [9.17, 15) is 4.79 Å². The van der Waals surface area contributed by atoms with Crippen LogP contribution in [0.15, 0.2) is 30.5 Å². The van der Waals surface area contributed by atoms with Gasteiger partial charge in [0.1, 0.15) is 0 Å². The van der Waals surface area contributed by atoms with E-state index in [0.717, 1.165) is 51.3 Å². The smallest absolute Gasteiger partial charge is 0.222 e. The molecule has 5 heteroatoms. The number of para-hydroxylation sites is 1. The van der Waals surface area contributed by atoms with Crippen molar-refractivity contribution in [3.8, 4) is 0 Å². The van der Waals surface area contributed by atoms with E-state index < -0.39 is 0 Å². The predicted octanol–water partition coefficient (Wildman–Crippen LogP) is 2.42. The number of carbonyl (C=O) groups is 1. The second-order valence-corrected chi connectivity index (χ2v) is 7.18. The molecule has 0 unspecified atom stereocenters. The summed E-state index contributed by atoms with van der Waals surface area (Å²) in [6.45, 7) is 5.57. The van der Waals surface area contributed by atoms with Crippen LogP contribution in [0, 0.1) is 0 Å². The topological polar surface area (TPSA) is 48.6 Å². The molecule has 1 amide bonds. The number of nitrogens with zero attached hydrogens (tertiary/aromatic N) is 2. The van der Waals surface area contributed by atoms with Gasteiger partial charge in [-0.05, 0) is 30.9 Å². The van der Waals surface area contributed by atoms with Crippen molar-refractivity contribution in [2.24, 2.45) is 0 Å². The molecule has 2 aromatic rings. The number of hydrogen-bond donors (Lipinski definition) is 1. The lowest BCUT2D eigenvalue weighted by atomic mass is 10.1. The summed E-state index contributed by atoms with van der Waals surface area (Å²) in [6, 6.07) is 8.28. The van der Waals surface area contributed by atoms with Gasteiger partial charge in [0.25, 0.3) is 0 Å². The van der Waals surface area contributed by atoms with Gasteiger partial charge in [-0.3, -0.25) is 9.69 Å². The Morgan fingerprint density at radius 2 is 2.04 bits per heavy atom. The number of rotatable bonds is 5. The molecule has 1 aromatic heterocycles. The third-order valence-electron chi connectivity index (χ3n) is 5.49. The van der Waals surface area contributed by atoms with Crippen molar-refractivity contribution in [2.45, 2.75) is 31.8 Å². The van der Waals surface area contributed by atoms with E-state index in [-0.39, 0.29) is 5.91 Å². The molecule has 2 aliphatic rings. The fourth-order valence-electron chi connectivity index (χ4n) is 3.99. The Bertz CT molecular complexity index is 713. The molecule has 0 bridgehead atoms. The van der Waals surface area contributed by atoms with E-state index in [0.29, 0.717) is 12.5 Å². The summed E-state index contributed by atoms with van der Waals surface area (Å²) >= 11 is 0. The van der Waals surface area contributed by atoms with Gasteiger partial charge in [-0.15, -0.1) is 0 Å². The third-order valence-corrected chi connectivity index (χ3v) is 5.49. The maximum Gasteiger partial charge on any atom is 0.222 e. The van der Waals surface area contributed by atoms with Crippen molar-refractivity contribution in [1.29, 1.82) is 0 Å². The first-order valence-electron chi connectivity index (χ1n) is 9.46. The number of piperazine rings is 1. The van der Waals surface area contributed by atoms with E-state index in [2.05, 4.69) is 28.1 Å². The van der Waals surface area contributed by atoms with Crippen LogP contribution in [0.3, 0.4) is 0 Å². The highest BCUT2D eigenvalue weighted by Crippen LogP contribution is 2.20. The molecule has 1 atom stereocenters. The summed E-state index contributed by atoms with van der Waals surface area (Å²) < 4.78 is 5.72. The van der Waals surface area contributed by atoms with Gasteiger partial charge in [0.15, 0.2) is 0 Å². The van der Waals surface area contributed by atoms with Crippen molar-refractivity contribution < 1.29 is 9.53 Å². The lowest BCUT2D eigenvalue weighted by Gasteiger charge is -2.35. The Labute approximate surface area is 148 Å². The maximum atomic E-state index is 12.6. The lowest BCUT2D eigenvalue weighted by molar-refractivity contribution is -0.133. The molecule has 0 radical (unpaired) electrons. The normalized spacial score (nSPS) is 21.9. The Morgan fingerprint density at radius 1 is 1.20 bits per heavy atom. The minimum absolute atomic E-state index is 0.280. The SMILES string of the molecule is O=C(CCc1c[nH]c2ccccc12)N1CCN(C[C@H]2CCCO2)CC1. The van der Waals surface area contributed by atoms with Gasteiger partial charge in [-0.25, -0.2) is 0 Å². The summed E-state index contributed by atoms with van der Waals surface area (Å²) in [5.41, 5.74) is 2.38. The number of hydrogen-bond acceptors (Lipinski definition) is 3. The summed E-state index contributed by atoms with van der Waals surface area (Å²) in [5.74, 6) is 0.280. The quantitative estimate of drug-likeness (QED) is 0.909. The first-order chi connectivity index (χ1) is 12.3. The van der Waals surface area contributed by atoms with Crippen molar-refractivity contribution in [2.75, 3.05) is 39.3 Å². The van der Waals surface area contributed by atoms with Crippen LogP contribution in [0.5, 0.6) is 0 Å². The zero-order chi connectivity index (χ0) is 17.1. The molecule has 2 saturated heterocycles. The molecule has 134 valence electrons. The molecule has 25 heavy (non-hydrogen) atoms. The van der Waals surface area contributed by atoms with Crippen molar-refractivity contribution in [3.63, 3.8) is 0 Å². The summed E-state index contributed by atoms with van der Waals surface area (Å²) in [7, 11) is 0. The minimum Gasteiger partial charge on any atom is -0.377 e. The van der Waals surface area contributed by atoms with E-state index in [1.165, 1.54) is 23.8 Å². The number of nitrogens with one attached hydrogen (secondary N) is 1. The molecule has 0 aliphatic carbocycles. The number of fused-ring (bicyclic) bond motifs is 1. The molecular weight excluding hydrogens is 314 g/mol. The number of ether oxygens (including phenoxy) is 1. The molecule has 1 N–H and O–H groups in total. The second-order valence-electron chi connectivity index (χ2n) is 7.18. The largest absolute Gasteiger partial charge is 0.377 e. The molecule has 2 aliphatic heterocycles. The molecule has 0 saturated carbocycles. The highest BCUT2D eigenvalue weighted by atomic mass is 16.5. The van der Waals surface area contributed by atoms with Crippen molar-refractivity contribution in [1.82, 2.24) is 14.8 Å². The first kappa shape index (κ1) is 16.6. The molecule has 4 rings (SSSR count). The van der Waals surface area contributed by atoms with E-state index in [1.54, 1.807) is 0 Å². The molecule has 5 nitrogen and oxygen atoms in total. The van der Waals surface area contributed by atoms with Crippen molar-refractivity contribution in [3.05, 3.63) is 36.0 Å². The van der Waals surface area contributed by atoms with Crippen LogP contribution in [0.4, 0.5) is 0 Å². The number of carbonyl (C=O) groups excluding carboxylic acids is 1. The fourth-order valence-corrected chi connectivity index (χ4v) is 3.99. The zero-order valence-corrected chi connectivity index (χ0v) is 14.7. The first-order valence-corrected chi connectivity index (χ1v) is 9.46. The van der Waals surface area contributed by atoms with Crippen LogP contribution in [0.2, 0.25) is 0 Å². The van der Waals surface area contributed by atoms with E-state index in [4.69, 9.17) is 4.74 Å². The van der Waals surface area contributed by atoms with Crippen LogP contribution in [-0.2, 0) is 16.0 Å². The zero-order valence-electron chi connectivity index (χ0n) is 14.7. The highest BCUT2D eigenvalue weighted by molar-refractivity contribution is 5.84. The third kappa shape index (κ3) is 3.88. The van der Waals surface area contributed by atoms with E-state index in [1.807, 2.05) is 17.2 Å². The second kappa shape index (κ2) is 7.58. The Kier molecular flexibility index (Phi) is 5.04. The molecule has 3 heterocycles. The fraction of sp³-hybridized carbons (Fsp3) is 0.550. The van der Waals surface area contributed by atoms with Gasteiger partial charge in [0.2, 0.25) is 5.91 Å². The summed E-state index contributed by atoms with van der Waals surface area (Å²) in [5, 5.41) is 1.23. The average Bonchev–Trinajstić information content (AvgIpc) is 3.30. The van der Waals surface area contributed by atoms with Crippen molar-refractivity contribution >= 4 is 16.8 Å². The Morgan fingerprint density at radius 3 is 2.84 bits per heavy atom. The number of aryl methyl sites for hydroxylation is 1. The van der Waals surface area contributed by atoms with Gasteiger partial charge in [-0.2, -0.15) is 0 Å². The van der Waals surface area contributed by atoms with Crippen LogP contribution < -0.4 is 0 Å². The Hall–Kier alpha value is -1.85. The standard InChI is InChI=1S/C20H27N3O2/c24-20(8-7-16-14-21-19-6-2-1-5-18(16)19)23-11-9-22(10-12-23)15-17-4-3-13-25-17/h1-2,5-6,14,17,21H,3-4,7-13,15H2/t17-/m1/s1. The van der Waals surface area contributed by atoms with Crippen LogP contribution in [-0.4, -0.2) is 66.1 Å². The number of benzene rings is 1. The number of aromatic amines is 1. The highest BCUT2D eigenvalue weighted by Gasteiger charge is 2.24. The number of amides is 1. The molecular formula is C20H27N3O2. The molecule has 2 fully saturated rings. The monoisotopic (exact) mass is 341 g/mol. The summed E-state index contributed by atoms with van der Waals surface area (Å²) in [4.78, 5) is 20.3. The Balaban J connectivity index is 1.25. The lowest BCUT2D eigenvalue weighted by Crippen LogP contribution is -2.50. The van der Waals surface area contributed by atoms with Gasteiger partial charge in [0.05, 0.1) is 6.10 Å². The number of H-pyrrole nitrogens is 1. The van der Waals surface area contributed by atoms with E-state index >= 15 is 0 Å².